The van der Waals surface area contributed by atoms with Crippen LogP contribution in [0.2, 0.25) is 0 Å². The summed E-state index contributed by atoms with van der Waals surface area (Å²) in [4.78, 5) is 15.1. The zero-order valence-corrected chi connectivity index (χ0v) is 28.6. The Kier molecular flexibility index (Phi) is 6.37. The van der Waals surface area contributed by atoms with Crippen molar-refractivity contribution in [2.75, 3.05) is 0 Å². The van der Waals surface area contributed by atoms with Crippen LogP contribution in [0.1, 0.15) is 0 Å². The van der Waals surface area contributed by atoms with E-state index in [1.165, 1.54) is 5.39 Å². The number of hydrogen-bond donors (Lipinski definition) is 0. The average Bonchev–Trinajstić information content (AvgIpc) is 3.73. The van der Waals surface area contributed by atoms with Crippen molar-refractivity contribution in [1.82, 2.24) is 13.7 Å². The first kappa shape index (κ1) is 29.5. The van der Waals surface area contributed by atoms with Gasteiger partial charge in [0.15, 0.2) is 0 Å². The highest BCUT2D eigenvalue weighted by Gasteiger charge is 2.21. The van der Waals surface area contributed by atoms with Gasteiger partial charge in [0, 0.05) is 44.0 Å². The highest BCUT2D eigenvalue weighted by atomic mass is 16.1. The molecular formula is C49H31N3O. The molecule has 0 bridgehead atoms. The number of aromatic nitrogens is 3. The number of hydrogen-bond acceptors (Lipinski definition) is 1. The fourth-order valence-electron chi connectivity index (χ4n) is 8.47. The Morgan fingerprint density at radius 2 is 0.717 bits per heavy atom. The summed E-state index contributed by atoms with van der Waals surface area (Å²) in [6.45, 7) is 0. The number of rotatable bonds is 4. The maximum atomic E-state index is 15.1. The number of fused-ring (bicyclic) bond motifs is 9. The lowest BCUT2D eigenvalue weighted by atomic mass is 10.0. The van der Waals surface area contributed by atoms with Crippen LogP contribution in [0.25, 0.3) is 93.5 Å². The van der Waals surface area contributed by atoms with E-state index in [-0.39, 0.29) is 5.56 Å². The molecule has 0 aliphatic carbocycles. The Morgan fingerprint density at radius 1 is 0.264 bits per heavy atom. The van der Waals surface area contributed by atoms with Crippen molar-refractivity contribution in [3.05, 3.63) is 198 Å². The van der Waals surface area contributed by atoms with Crippen LogP contribution < -0.4 is 5.56 Å². The van der Waals surface area contributed by atoms with E-state index in [4.69, 9.17) is 0 Å². The van der Waals surface area contributed by atoms with Crippen LogP contribution in [-0.4, -0.2) is 13.7 Å². The molecule has 3 heterocycles. The van der Waals surface area contributed by atoms with Gasteiger partial charge in [-0.1, -0.05) is 115 Å². The largest absolute Gasteiger partial charge is 0.309 e. The van der Waals surface area contributed by atoms with Crippen LogP contribution in [0.5, 0.6) is 0 Å². The third-order valence-corrected chi connectivity index (χ3v) is 10.8. The van der Waals surface area contributed by atoms with Gasteiger partial charge < -0.3 is 9.13 Å². The molecule has 0 fully saturated rings. The van der Waals surface area contributed by atoms with Crippen LogP contribution in [0.3, 0.4) is 0 Å². The maximum absolute atomic E-state index is 15.1. The summed E-state index contributed by atoms with van der Waals surface area (Å²) in [5, 5.41) is 7.26. The van der Waals surface area contributed by atoms with Gasteiger partial charge in [-0.05, 0) is 89.3 Å². The highest BCUT2D eigenvalue weighted by Crippen LogP contribution is 2.40. The van der Waals surface area contributed by atoms with Crippen LogP contribution in [0.15, 0.2) is 193 Å². The number of para-hydroxylation sites is 4. The first-order valence-electron chi connectivity index (χ1n) is 18.0. The minimum atomic E-state index is -0.0443. The van der Waals surface area contributed by atoms with Crippen molar-refractivity contribution in [3.63, 3.8) is 0 Å². The summed E-state index contributed by atoms with van der Waals surface area (Å²) in [5.74, 6) is 0. The van der Waals surface area contributed by atoms with Crippen molar-refractivity contribution in [1.29, 1.82) is 0 Å². The maximum Gasteiger partial charge on any atom is 0.263 e. The predicted octanol–water partition coefficient (Wildman–Crippen LogP) is 12.0. The summed E-state index contributed by atoms with van der Waals surface area (Å²) < 4.78 is 6.52. The molecule has 3 aromatic heterocycles. The molecule has 0 atom stereocenters. The van der Waals surface area contributed by atoms with Crippen LogP contribution in [0, 0.1) is 0 Å². The topological polar surface area (TPSA) is 31.9 Å². The molecule has 0 saturated carbocycles. The van der Waals surface area contributed by atoms with Crippen molar-refractivity contribution in [2.24, 2.45) is 0 Å². The van der Waals surface area contributed by atoms with E-state index in [2.05, 4.69) is 155 Å². The monoisotopic (exact) mass is 677 g/mol. The highest BCUT2D eigenvalue weighted by molar-refractivity contribution is 6.21. The van der Waals surface area contributed by atoms with Gasteiger partial charge in [0.2, 0.25) is 0 Å². The van der Waals surface area contributed by atoms with E-state index >= 15 is 4.79 Å². The standard InChI is InChI=1S/C49H31N3O/c53-49-43-30-46-40(37-23-11-13-26-45(37)51(46)36-22-14-17-33(27-36)32-15-4-1-5-16-32)28-39(43)42-29-41-38-24-10-12-25-44(38)50(34-18-6-2-7-19-34)47(41)31-48(42)52(49)35-20-8-3-9-21-35/h1-31H. The molecule has 0 N–H and O–H groups in total. The average molecular weight is 678 g/mol. The third-order valence-electron chi connectivity index (χ3n) is 10.8. The summed E-state index contributed by atoms with van der Waals surface area (Å²) in [7, 11) is 0. The van der Waals surface area contributed by atoms with Gasteiger partial charge in [0.05, 0.1) is 33.0 Å². The second-order valence-corrected chi connectivity index (χ2v) is 13.7. The van der Waals surface area contributed by atoms with E-state index in [1.807, 2.05) is 47.0 Å². The fraction of sp³-hybridized carbons (Fsp3) is 0. The van der Waals surface area contributed by atoms with Gasteiger partial charge >= 0.3 is 0 Å². The molecular weight excluding hydrogens is 647 g/mol. The Hall–Kier alpha value is -7.17. The lowest BCUT2D eigenvalue weighted by Gasteiger charge is -2.16. The Balaban J connectivity index is 1.29. The van der Waals surface area contributed by atoms with Gasteiger partial charge in [-0.25, -0.2) is 0 Å². The quantitative estimate of drug-likeness (QED) is 0.171. The first-order valence-corrected chi connectivity index (χ1v) is 18.0. The molecule has 248 valence electrons. The molecule has 0 spiro atoms. The van der Waals surface area contributed by atoms with Crippen molar-refractivity contribution >= 4 is 65.3 Å². The first-order chi connectivity index (χ1) is 26.2. The van der Waals surface area contributed by atoms with Gasteiger partial charge in [0.25, 0.3) is 5.56 Å². The lowest BCUT2D eigenvalue weighted by molar-refractivity contribution is 1.06. The Bertz CT molecular complexity index is 3280. The van der Waals surface area contributed by atoms with Gasteiger partial charge in [-0.3, -0.25) is 9.36 Å². The molecule has 11 aromatic rings. The van der Waals surface area contributed by atoms with Crippen LogP contribution in [0.4, 0.5) is 0 Å². The molecule has 8 aromatic carbocycles. The summed E-state index contributed by atoms with van der Waals surface area (Å²) >= 11 is 0. The molecule has 0 radical (unpaired) electrons. The molecule has 4 nitrogen and oxygen atoms in total. The smallest absolute Gasteiger partial charge is 0.263 e. The number of nitrogens with zero attached hydrogens (tertiary/aromatic N) is 3. The van der Waals surface area contributed by atoms with Crippen LogP contribution >= 0.6 is 0 Å². The minimum Gasteiger partial charge on any atom is -0.309 e. The van der Waals surface area contributed by atoms with E-state index in [0.717, 1.165) is 82.7 Å². The molecule has 0 saturated heterocycles. The Labute approximate surface area is 304 Å². The van der Waals surface area contributed by atoms with E-state index in [1.54, 1.807) is 0 Å². The normalized spacial score (nSPS) is 11.8. The Morgan fingerprint density at radius 3 is 1.38 bits per heavy atom. The lowest BCUT2D eigenvalue weighted by Crippen LogP contribution is -2.19. The fourth-order valence-corrected chi connectivity index (χ4v) is 8.47. The molecule has 53 heavy (non-hydrogen) atoms. The molecule has 4 heteroatoms. The van der Waals surface area contributed by atoms with E-state index in [9.17, 15) is 0 Å². The second kappa shape index (κ2) is 11.4. The molecule has 0 aliphatic heterocycles. The predicted molar refractivity (Wildman–Crippen MR) is 221 cm³/mol. The van der Waals surface area contributed by atoms with Gasteiger partial charge in [-0.15, -0.1) is 0 Å². The van der Waals surface area contributed by atoms with Gasteiger partial charge in [-0.2, -0.15) is 0 Å². The van der Waals surface area contributed by atoms with E-state index in [0.29, 0.717) is 5.39 Å². The summed E-state index contributed by atoms with van der Waals surface area (Å²) in [6, 6.07) is 65.7. The SMILES string of the molecule is O=c1c2cc3c(cc2c2cc4c5ccccc5n(-c5ccccc5)c4cc2n1-c1ccccc1)c1ccccc1n3-c1cccc(-c2ccccc2)c1. The zero-order chi connectivity index (χ0) is 35.0. The molecule has 0 amide bonds. The minimum absolute atomic E-state index is 0.0443. The van der Waals surface area contributed by atoms with Crippen molar-refractivity contribution in [3.8, 4) is 28.2 Å². The number of benzene rings is 8. The van der Waals surface area contributed by atoms with Gasteiger partial charge in [0.1, 0.15) is 0 Å². The van der Waals surface area contributed by atoms with Crippen LogP contribution in [-0.2, 0) is 0 Å². The molecule has 0 aliphatic rings. The number of pyridine rings is 1. The third kappa shape index (κ3) is 4.39. The van der Waals surface area contributed by atoms with Crippen molar-refractivity contribution in [2.45, 2.75) is 0 Å². The second-order valence-electron chi connectivity index (χ2n) is 13.7. The zero-order valence-electron chi connectivity index (χ0n) is 28.6. The van der Waals surface area contributed by atoms with E-state index < -0.39 is 0 Å². The molecule has 0 unspecified atom stereocenters. The molecule has 11 rings (SSSR count). The summed E-state index contributed by atoms with van der Waals surface area (Å²) in [5.41, 5.74) is 10.4. The summed E-state index contributed by atoms with van der Waals surface area (Å²) in [6.07, 6.45) is 0. The van der Waals surface area contributed by atoms with Crippen molar-refractivity contribution < 1.29 is 0 Å².